The van der Waals surface area contributed by atoms with Crippen molar-refractivity contribution in [2.45, 2.75) is 20.8 Å². The van der Waals surface area contributed by atoms with Gasteiger partial charge in [-0.05, 0) is 25.5 Å². The highest BCUT2D eigenvalue weighted by molar-refractivity contribution is 5.84. The van der Waals surface area contributed by atoms with Crippen LogP contribution in [-0.4, -0.2) is 22.0 Å². The van der Waals surface area contributed by atoms with E-state index in [1.807, 2.05) is 0 Å². The molecule has 0 saturated heterocycles. The van der Waals surface area contributed by atoms with Crippen molar-refractivity contribution < 1.29 is 24.4 Å². The Kier molecular flexibility index (Phi) is 6.64. The van der Waals surface area contributed by atoms with Crippen molar-refractivity contribution in [2.24, 2.45) is 0 Å². The minimum atomic E-state index is -0.833. The van der Waals surface area contributed by atoms with E-state index in [2.05, 4.69) is 6.58 Å². The summed E-state index contributed by atoms with van der Waals surface area (Å²) in [5, 5.41) is 18.1. The van der Waals surface area contributed by atoms with Crippen molar-refractivity contribution in [1.82, 2.24) is 0 Å². The first-order valence-electron chi connectivity index (χ1n) is 5.49. The summed E-state index contributed by atoms with van der Waals surface area (Å²) in [6.07, 6.45) is 1.01. The fraction of sp³-hybridized carbons (Fsp3) is 0.231. The average molecular weight is 281 g/mol. The summed E-state index contributed by atoms with van der Waals surface area (Å²) in [5.74, 6) is -1.24. The van der Waals surface area contributed by atoms with Crippen LogP contribution in [-0.2, 0) is 9.59 Å². The molecule has 0 aliphatic rings. The molecule has 1 rings (SSSR count). The summed E-state index contributed by atoms with van der Waals surface area (Å²) in [6.45, 7) is 7.60. The number of carbonyl (C=O) groups is 2. The molecule has 0 amide bonds. The summed E-state index contributed by atoms with van der Waals surface area (Å²) in [5.41, 5.74) is 0.927. The summed E-state index contributed by atoms with van der Waals surface area (Å²) in [6, 6.07) is 2.92. The maximum Gasteiger partial charge on any atom is 0.335 e. The molecule has 7 heteroatoms. The van der Waals surface area contributed by atoms with Crippen molar-refractivity contribution in [3.8, 4) is 5.75 Å². The average Bonchev–Trinajstić information content (AvgIpc) is 2.32. The Labute approximate surface area is 115 Å². The normalized spacial score (nSPS) is 8.95. The van der Waals surface area contributed by atoms with Crippen LogP contribution in [0.4, 0.5) is 5.69 Å². The molecule has 0 spiro atoms. The topological polar surface area (TPSA) is 107 Å². The molecule has 1 aromatic carbocycles. The quantitative estimate of drug-likeness (QED) is 0.300. The predicted octanol–water partition coefficient (Wildman–Crippen LogP) is 2.39. The van der Waals surface area contributed by atoms with Crippen molar-refractivity contribution in [2.75, 3.05) is 0 Å². The molecular formula is C13H15NO6. The van der Waals surface area contributed by atoms with Gasteiger partial charge >= 0.3 is 5.97 Å². The molecule has 1 N–H and O–H groups in total. The zero-order chi connectivity index (χ0) is 15.9. The molecule has 0 fully saturated rings. The lowest BCUT2D eigenvalue weighted by Gasteiger charge is -2.08. The van der Waals surface area contributed by atoms with Crippen LogP contribution in [0.2, 0.25) is 0 Å². The zero-order valence-corrected chi connectivity index (χ0v) is 11.4. The molecule has 0 atom stereocenters. The predicted molar refractivity (Wildman–Crippen MR) is 71.7 cm³/mol. The van der Waals surface area contributed by atoms with Crippen LogP contribution < -0.4 is 4.74 Å². The number of nitro groups is 1. The highest BCUT2D eigenvalue weighted by Crippen LogP contribution is 2.30. The van der Waals surface area contributed by atoms with Crippen LogP contribution in [0.5, 0.6) is 5.75 Å². The monoisotopic (exact) mass is 281 g/mol. The molecule has 1 aromatic rings. The van der Waals surface area contributed by atoms with E-state index in [9.17, 15) is 14.9 Å². The summed E-state index contributed by atoms with van der Waals surface area (Å²) in [7, 11) is 0. The molecule has 0 saturated carbocycles. The van der Waals surface area contributed by atoms with E-state index in [1.54, 1.807) is 6.92 Å². The molecule has 0 aliphatic carbocycles. The Morgan fingerprint density at radius 2 is 1.90 bits per heavy atom. The van der Waals surface area contributed by atoms with E-state index in [0.29, 0.717) is 11.1 Å². The maximum atomic E-state index is 11.1. The van der Waals surface area contributed by atoms with Crippen LogP contribution >= 0.6 is 0 Å². The first-order chi connectivity index (χ1) is 9.20. The van der Waals surface area contributed by atoms with Gasteiger partial charge in [0, 0.05) is 19.1 Å². The fourth-order valence-electron chi connectivity index (χ4n) is 1.31. The number of nitro benzene ring substituents is 1. The molecule has 20 heavy (non-hydrogen) atoms. The highest BCUT2D eigenvalue weighted by Gasteiger charge is 2.18. The largest absolute Gasteiger partial charge is 0.481 e. The second-order valence-electron chi connectivity index (χ2n) is 3.76. The van der Waals surface area contributed by atoms with Crippen LogP contribution in [0.25, 0.3) is 0 Å². The number of ether oxygens (including phenoxy) is 1. The third-order valence-corrected chi connectivity index (χ3v) is 2.14. The number of hydrogen-bond donors (Lipinski definition) is 1. The minimum absolute atomic E-state index is 0.0718. The Hall–Kier alpha value is -2.70. The molecule has 0 bridgehead atoms. The second kappa shape index (κ2) is 7.67. The standard InChI is InChI=1S/C11H11NO4.C2H4O2/c1-4-10(13)16-11-7(2)5-6-9(8(11)3)12(14)15;1-2(3)4/h4-6H,1H2,2-3H3;1H3,(H,3,4). The lowest BCUT2D eigenvalue weighted by atomic mass is 10.1. The fourth-order valence-corrected chi connectivity index (χ4v) is 1.31. The van der Waals surface area contributed by atoms with E-state index in [1.165, 1.54) is 19.1 Å². The van der Waals surface area contributed by atoms with Gasteiger partial charge in [-0.2, -0.15) is 0 Å². The number of aryl methyl sites for hydroxylation is 1. The number of hydrogen-bond acceptors (Lipinski definition) is 5. The van der Waals surface area contributed by atoms with Gasteiger partial charge in [0.15, 0.2) is 0 Å². The Bertz CT molecular complexity index is 546. The van der Waals surface area contributed by atoms with Gasteiger partial charge in [0.25, 0.3) is 11.7 Å². The first-order valence-corrected chi connectivity index (χ1v) is 5.49. The van der Waals surface area contributed by atoms with Gasteiger partial charge in [0.05, 0.1) is 10.5 Å². The number of carboxylic acid groups (broad SMARTS) is 1. The van der Waals surface area contributed by atoms with Gasteiger partial charge in [-0.1, -0.05) is 6.58 Å². The molecule has 7 nitrogen and oxygen atoms in total. The van der Waals surface area contributed by atoms with E-state index in [4.69, 9.17) is 14.6 Å². The van der Waals surface area contributed by atoms with Gasteiger partial charge in [-0.15, -0.1) is 0 Å². The molecule has 0 radical (unpaired) electrons. The lowest BCUT2D eigenvalue weighted by Crippen LogP contribution is -2.07. The Morgan fingerprint density at radius 1 is 1.40 bits per heavy atom. The number of esters is 1. The van der Waals surface area contributed by atoms with Crippen molar-refractivity contribution >= 4 is 17.6 Å². The van der Waals surface area contributed by atoms with Gasteiger partial charge in [0.2, 0.25) is 0 Å². The molecule has 0 heterocycles. The summed E-state index contributed by atoms with van der Waals surface area (Å²) in [4.78, 5) is 30.2. The first kappa shape index (κ1) is 17.3. The van der Waals surface area contributed by atoms with Crippen LogP contribution in [0.15, 0.2) is 24.8 Å². The van der Waals surface area contributed by atoms with Gasteiger partial charge in [-0.3, -0.25) is 14.9 Å². The molecule has 0 aliphatic heterocycles. The lowest BCUT2D eigenvalue weighted by molar-refractivity contribution is -0.385. The van der Waals surface area contributed by atoms with Crippen LogP contribution in [0.3, 0.4) is 0 Å². The van der Waals surface area contributed by atoms with E-state index < -0.39 is 16.9 Å². The third kappa shape index (κ3) is 5.30. The van der Waals surface area contributed by atoms with E-state index >= 15 is 0 Å². The van der Waals surface area contributed by atoms with Crippen LogP contribution in [0, 0.1) is 24.0 Å². The number of rotatable bonds is 3. The van der Waals surface area contributed by atoms with Gasteiger partial charge < -0.3 is 9.84 Å². The van der Waals surface area contributed by atoms with Gasteiger partial charge in [0.1, 0.15) is 5.75 Å². The second-order valence-corrected chi connectivity index (χ2v) is 3.76. The number of carbonyl (C=O) groups excluding carboxylic acids is 1. The molecule has 108 valence electrons. The number of carboxylic acids is 1. The SMILES string of the molecule is C=CC(=O)Oc1c(C)ccc([N+](=O)[O-])c1C.CC(=O)O. The number of aliphatic carboxylic acids is 1. The molecule has 0 unspecified atom stereocenters. The smallest absolute Gasteiger partial charge is 0.335 e. The van der Waals surface area contributed by atoms with E-state index in [0.717, 1.165) is 13.0 Å². The van der Waals surface area contributed by atoms with E-state index in [-0.39, 0.29) is 11.4 Å². The maximum absolute atomic E-state index is 11.1. The Balaban J connectivity index is 0.000000796. The molecule has 0 aromatic heterocycles. The van der Waals surface area contributed by atoms with Crippen LogP contribution in [0.1, 0.15) is 18.1 Å². The van der Waals surface area contributed by atoms with Crippen molar-refractivity contribution in [1.29, 1.82) is 0 Å². The summed E-state index contributed by atoms with van der Waals surface area (Å²) < 4.78 is 4.95. The number of benzene rings is 1. The van der Waals surface area contributed by atoms with Crippen molar-refractivity contribution in [3.05, 3.63) is 46.0 Å². The highest BCUT2D eigenvalue weighted by atomic mass is 16.6. The molecular weight excluding hydrogens is 266 g/mol. The minimum Gasteiger partial charge on any atom is -0.481 e. The summed E-state index contributed by atoms with van der Waals surface area (Å²) >= 11 is 0. The Morgan fingerprint density at radius 3 is 2.30 bits per heavy atom. The third-order valence-electron chi connectivity index (χ3n) is 2.14. The van der Waals surface area contributed by atoms with Gasteiger partial charge in [-0.25, -0.2) is 4.79 Å². The number of nitrogens with zero attached hydrogens (tertiary/aromatic N) is 1. The van der Waals surface area contributed by atoms with Crippen molar-refractivity contribution in [3.63, 3.8) is 0 Å². The zero-order valence-electron chi connectivity index (χ0n) is 11.4.